The first kappa shape index (κ1) is 19.9. The Balaban J connectivity index is 1.26. The quantitative estimate of drug-likeness (QED) is 0.537. The van der Waals surface area contributed by atoms with Gasteiger partial charge in [-0.05, 0) is 68.4 Å². The van der Waals surface area contributed by atoms with Crippen molar-refractivity contribution in [3.05, 3.63) is 34.4 Å². The number of nitro benzene ring substituents is 1. The lowest BCUT2D eigenvalue weighted by molar-refractivity contribution is -0.384. The normalized spacial score (nSPS) is 33.6. The van der Waals surface area contributed by atoms with Gasteiger partial charge in [0.05, 0.1) is 15.2 Å². The summed E-state index contributed by atoms with van der Waals surface area (Å²) in [6.45, 7) is 1.34. The lowest BCUT2D eigenvalue weighted by Gasteiger charge is -2.57. The number of amides is 1. The number of non-ortho nitro benzene ring substituents is 1. The summed E-state index contributed by atoms with van der Waals surface area (Å²) < 4.78 is 27.2. The van der Waals surface area contributed by atoms with Crippen LogP contribution in [0, 0.1) is 33.3 Å². The van der Waals surface area contributed by atoms with E-state index < -0.39 is 14.9 Å². The third kappa shape index (κ3) is 3.22. The van der Waals surface area contributed by atoms with Crippen molar-refractivity contribution in [1.82, 2.24) is 9.21 Å². The van der Waals surface area contributed by atoms with Gasteiger partial charge in [-0.3, -0.25) is 14.9 Å². The highest BCUT2D eigenvalue weighted by atomic mass is 32.2. The smallest absolute Gasteiger partial charge is 0.269 e. The molecule has 0 N–H and O–H groups in total. The molecular formula is C21H27N3O5S. The summed E-state index contributed by atoms with van der Waals surface area (Å²) >= 11 is 0. The zero-order valence-corrected chi connectivity index (χ0v) is 17.7. The van der Waals surface area contributed by atoms with Crippen molar-refractivity contribution in [3.8, 4) is 0 Å². The molecule has 5 fully saturated rings. The van der Waals surface area contributed by atoms with Gasteiger partial charge in [0.25, 0.3) is 5.69 Å². The molecule has 4 saturated carbocycles. The summed E-state index contributed by atoms with van der Waals surface area (Å²) in [6.07, 6.45) is 6.90. The molecule has 5 aliphatic rings. The number of hydrogen-bond acceptors (Lipinski definition) is 5. The van der Waals surface area contributed by atoms with Crippen molar-refractivity contribution in [2.45, 2.75) is 43.4 Å². The van der Waals surface area contributed by atoms with Gasteiger partial charge in [0.15, 0.2) is 0 Å². The van der Waals surface area contributed by atoms with Gasteiger partial charge in [-0.15, -0.1) is 0 Å². The fourth-order valence-electron chi connectivity index (χ4n) is 6.73. The first-order chi connectivity index (χ1) is 14.3. The molecule has 4 bridgehead atoms. The number of rotatable bonds is 4. The molecule has 4 aliphatic carbocycles. The van der Waals surface area contributed by atoms with Gasteiger partial charge in [0.1, 0.15) is 0 Å². The monoisotopic (exact) mass is 433 g/mol. The van der Waals surface area contributed by atoms with E-state index in [1.54, 1.807) is 0 Å². The zero-order chi connectivity index (χ0) is 21.1. The van der Waals surface area contributed by atoms with E-state index in [1.807, 2.05) is 4.90 Å². The number of carbonyl (C=O) groups is 1. The van der Waals surface area contributed by atoms with Gasteiger partial charge < -0.3 is 4.90 Å². The van der Waals surface area contributed by atoms with E-state index in [1.165, 1.54) is 47.8 Å². The highest BCUT2D eigenvalue weighted by Crippen LogP contribution is 2.60. The number of nitrogens with zero attached hydrogens (tertiary/aromatic N) is 3. The van der Waals surface area contributed by atoms with E-state index in [0.29, 0.717) is 30.8 Å². The Kier molecular flexibility index (Phi) is 4.66. The predicted molar refractivity (Wildman–Crippen MR) is 109 cm³/mol. The molecule has 1 aromatic carbocycles. The van der Waals surface area contributed by atoms with Crippen molar-refractivity contribution in [2.75, 3.05) is 26.2 Å². The van der Waals surface area contributed by atoms with Crippen LogP contribution in [0.25, 0.3) is 0 Å². The summed E-state index contributed by atoms with van der Waals surface area (Å²) in [5.74, 6) is 2.34. The number of piperazine rings is 1. The molecule has 0 radical (unpaired) electrons. The zero-order valence-electron chi connectivity index (χ0n) is 16.9. The number of carbonyl (C=O) groups excluding carboxylic acids is 1. The molecule has 1 aromatic rings. The Morgan fingerprint density at radius 2 is 1.43 bits per heavy atom. The van der Waals surface area contributed by atoms with Gasteiger partial charge in [-0.25, -0.2) is 8.42 Å². The van der Waals surface area contributed by atoms with Crippen LogP contribution in [0.1, 0.15) is 38.5 Å². The van der Waals surface area contributed by atoms with Crippen LogP contribution in [0.4, 0.5) is 5.69 Å². The molecule has 1 aliphatic heterocycles. The summed E-state index contributed by atoms with van der Waals surface area (Å²) in [6, 6.07) is 4.97. The molecule has 0 unspecified atom stereocenters. The topological polar surface area (TPSA) is 101 Å². The van der Waals surface area contributed by atoms with Crippen LogP contribution in [0.2, 0.25) is 0 Å². The molecule has 0 aromatic heterocycles. The molecule has 8 nitrogen and oxygen atoms in total. The number of hydrogen-bond donors (Lipinski definition) is 0. The van der Waals surface area contributed by atoms with E-state index in [9.17, 15) is 23.3 Å². The maximum Gasteiger partial charge on any atom is 0.269 e. The number of benzene rings is 1. The minimum Gasteiger partial charge on any atom is -0.340 e. The van der Waals surface area contributed by atoms with Gasteiger partial charge in [-0.1, -0.05) is 0 Å². The molecule has 162 valence electrons. The number of nitro groups is 1. The lowest BCUT2D eigenvalue weighted by Crippen LogP contribution is -2.58. The first-order valence-corrected chi connectivity index (χ1v) is 12.2. The summed E-state index contributed by atoms with van der Waals surface area (Å²) in [4.78, 5) is 25.7. The van der Waals surface area contributed by atoms with E-state index in [0.717, 1.165) is 19.3 Å². The van der Waals surface area contributed by atoms with E-state index in [2.05, 4.69) is 0 Å². The van der Waals surface area contributed by atoms with Crippen molar-refractivity contribution in [1.29, 1.82) is 0 Å². The summed E-state index contributed by atoms with van der Waals surface area (Å²) in [5, 5.41) is 10.8. The Morgan fingerprint density at radius 3 is 1.90 bits per heavy atom. The molecule has 1 saturated heterocycles. The van der Waals surface area contributed by atoms with Gasteiger partial charge in [0, 0.05) is 38.3 Å². The van der Waals surface area contributed by atoms with Crippen LogP contribution in [0.3, 0.4) is 0 Å². The molecule has 30 heavy (non-hydrogen) atoms. The van der Waals surface area contributed by atoms with Crippen LogP contribution >= 0.6 is 0 Å². The van der Waals surface area contributed by atoms with Crippen LogP contribution in [-0.2, 0) is 14.8 Å². The van der Waals surface area contributed by atoms with Gasteiger partial charge >= 0.3 is 0 Å². The maximum absolute atomic E-state index is 13.5. The average molecular weight is 434 g/mol. The van der Waals surface area contributed by atoms with Crippen LogP contribution in [0.5, 0.6) is 0 Å². The van der Waals surface area contributed by atoms with E-state index in [4.69, 9.17) is 0 Å². The second-order valence-electron chi connectivity index (χ2n) is 9.65. The second kappa shape index (κ2) is 7.02. The molecule has 1 amide bonds. The maximum atomic E-state index is 13.5. The van der Waals surface area contributed by atoms with Crippen LogP contribution < -0.4 is 0 Å². The molecule has 0 spiro atoms. The lowest BCUT2D eigenvalue weighted by atomic mass is 9.49. The largest absolute Gasteiger partial charge is 0.340 e. The minimum absolute atomic E-state index is 0.0500. The second-order valence-corrected chi connectivity index (χ2v) is 11.6. The Morgan fingerprint density at radius 1 is 0.933 bits per heavy atom. The van der Waals surface area contributed by atoms with Gasteiger partial charge in [-0.2, -0.15) is 4.31 Å². The fraction of sp³-hybridized carbons (Fsp3) is 0.667. The third-order valence-electron chi connectivity index (χ3n) is 7.70. The molecule has 9 heteroatoms. The van der Waals surface area contributed by atoms with Crippen molar-refractivity contribution in [3.63, 3.8) is 0 Å². The molecule has 0 atom stereocenters. The minimum atomic E-state index is -3.73. The Bertz CT molecular complexity index is 932. The Hall–Kier alpha value is -2.00. The third-order valence-corrected chi connectivity index (χ3v) is 9.62. The van der Waals surface area contributed by atoms with E-state index in [-0.39, 0.29) is 35.0 Å². The summed E-state index contributed by atoms with van der Waals surface area (Å²) in [5.41, 5.74) is -0.339. The Labute approximate surface area is 176 Å². The van der Waals surface area contributed by atoms with E-state index >= 15 is 0 Å². The molecule has 6 rings (SSSR count). The highest BCUT2D eigenvalue weighted by molar-refractivity contribution is 7.89. The van der Waals surface area contributed by atoms with Gasteiger partial charge in [0.2, 0.25) is 15.9 Å². The van der Waals surface area contributed by atoms with Crippen molar-refractivity contribution in [2.24, 2.45) is 23.2 Å². The predicted octanol–water partition coefficient (Wildman–Crippen LogP) is 2.64. The number of sulfonamides is 1. The highest BCUT2D eigenvalue weighted by Gasteiger charge is 2.55. The SMILES string of the molecule is O=C(N1CCN(S(=O)(=O)c2ccc([N+](=O)[O-])cc2)CC1)C12CC3CC(CC(C3)C1)C2. The fourth-order valence-corrected chi connectivity index (χ4v) is 8.15. The first-order valence-electron chi connectivity index (χ1n) is 10.8. The van der Waals surface area contributed by atoms with Crippen molar-refractivity contribution < 1.29 is 18.1 Å². The van der Waals surface area contributed by atoms with Crippen LogP contribution in [-0.4, -0.2) is 54.6 Å². The molecule has 1 heterocycles. The van der Waals surface area contributed by atoms with Crippen molar-refractivity contribution >= 4 is 21.6 Å². The summed E-state index contributed by atoms with van der Waals surface area (Å²) in [7, 11) is -3.73. The average Bonchev–Trinajstić information content (AvgIpc) is 2.72. The van der Waals surface area contributed by atoms with Crippen LogP contribution in [0.15, 0.2) is 29.2 Å². The standard InChI is InChI=1S/C21H27N3O5S/c25-20(21-12-15-9-16(13-21)11-17(10-15)14-21)22-5-7-23(8-6-22)30(28,29)19-3-1-18(2-4-19)24(26)27/h1-4,15-17H,5-14H2. The molecular weight excluding hydrogens is 406 g/mol.